The molecule has 0 amide bonds. The van der Waals surface area contributed by atoms with Crippen LogP contribution in [0.25, 0.3) is 0 Å². The molecule has 1 fully saturated rings. The van der Waals surface area contributed by atoms with Gasteiger partial charge in [0.05, 0.1) is 11.8 Å². The molecule has 0 spiro atoms. The number of hydrogen-bond acceptors (Lipinski definition) is 5. The largest absolute Gasteiger partial charge is 0.479 e. The summed E-state index contributed by atoms with van der Waals surface area (Å²) in [5, 5.41) is 21.5. The molecule has 6 nitrogen and oxygen atoms in total. The van der Waals surface area contributed by atoms with Gasteiger partial charge in [-0.1, -0.05) is 60.1 Å². The molecule has 174 valence electrons. The zero-order valence-electron chi connectivity index (χ0n) is 18.3. The van der Waals surface area contributed by atoms with Gasteiger partial charge in [-0.25, -0.2) is 4.79 Å². The number of rotatable bonds is 7. The summed E-state index contributed by atoms with van der Waals surface area (Å²) in [6.45, 7) is 2.03. The summed E-state index contributed by atoms with van der Waals surface area (Å²) in [7, 11) is 0. The van der Waals surface area contributed by atoms with Crippen LogP contribution in [0.5, 0.6) is 0 Å². The van der Waals surface area contributed by atoms with Crippen molar-refractivity contribution in [1.29, 1.82) is 0 Å². The van der Waals surface area contributed by atoms with Crippen molar-refractivity contribution in [2.75, 3.05) is 13.1 Å². The Morgan fingerprint density at radius 2 is 1.70 bits per heavy atom. The molecule has 0 radical (unpaired) electrons. The number of carboxylic acid groups (broad SMARTS) is 1. The number of carboxylic acids is 1. The zero-order chi connectivity index (χ0) is 23.5. The SMILES string of the molecule is Clc1ccc([C@H](OC2CCNCC2)c2ccccn2)cc1.O=C(O)[C@H](O)Cc1ccccc1. The lowest BCUT2D eigenvalue weighted by molar-refractivity contribution is -0.146. The fourth-order valence-electron chi connectivity index (χ4n) is 3.54. The van der Waals surface area contributed by atoms with Gasteiger partial charge in [0.25, 0.3) is 0 Å². The first kappa shape index (κ1) is 24.9. The molecule has 4 rings (SSSR count). The molecule has 0 saturated carbocycles. The van der Waals surface area contributed by atoms with Gasteiger partial charge in [0.1, 0.15) is 6.10 Å². The Morgan fingerprint density at radius 3 is 2.30 bits per heavy atom. The van der Waals surface area contributed by atoms with Crippen LogP contribution in [0.3, 0.4) is 0 Å². The van der Waals surface area contributed by atoms with Crippen molar-refractivity contribution in [3.05, 3.63) is 101 Å². The number of hydrogen-bond donors (Lipinski definition) is 3. The standard InChI is InChI=1S/C17H19ClN2O.C9H10O3/c18-14-6-4-13(5-7-14)17(16-3-1-2-10-20-16)21-15-8-11-19-12-9-15;10-8(9(11)12)6-7-4-2-1-3-5-7/h1-7,10,15,17,19H,8-9,11-12H2;1-5,8,10H,6H2,(H,11,12)/t17-;8-/m01/s1. The second kappa shape index (κ2) is 13.1. The van der Waals surface area contributed by atoms with E-state index in [1.165, 1.54) is 0 Å². The summed E-state index contributed by atoms with van der Waals surface area (Å²) < 4.78 is 6.36. The minimum absolute atomic E-state index is 0.133. The first-order chi connectivity index (χ1) is 16.0. The van der Waals surface area contributed by atoms with Crippen molar-refractivity contribution >= 4 is 17.6 Å². The van der Waals surface area contributed by atoms with E-state index >= 15 is 0 Å². The molecule has 33 heavy (non-hydrogen) atoms. The number of carbonyl (C=O) groups is 1. The molecule has 0 bridgehead atoms. The maximum absolute atomic E-state index is 10.3. The van der Waals surface area contributed by atoms with Crippen LogP contribution in [0, 0.1) is 0 Å². The average molecular weight is 469 g/mol. The lowest BCUT2D eigenvalue weighted by atomic mass is 10.0. The molecular weight excluding hydrogens is 440 g/mol. The van der Waals surface area contributed by atoms with Crippen molar-refractivity contribution in [3.8, 4) is 0 Å². The average Bonchev–Trinajstić information content (AvgIpc) is 2.85. The van der Waals surface area contributed by atoms with Crippen molar-refractivity contribution in [1.82, 2.24) is 10.3 Å². The highest BCUT2D eigenvalue weighted by atomic mass is 35.5. The Hall–Kier alpha value is -2.77. The first-order valence-corrected chi connectivity index (χ1v) is 11.4. The molecule has 0 unspecified atom stereocenters. The van der Waals surface area contributed by atoms with Crippen molar-refractivity contribution < 1.29 is 19.7 Å². The van der Waals surface area contributed by atoms with Gasteiger partial charge in [0.15, 0.2) is 6.10 Å². The highest BCUT2D eigenvalue weighted by Crippen LogP contribution is 2.28. The van der Waals surface area contributed by atoms with E-state index in [9.17, 15) is 4.79 Å². The number of ether oxygens (including phenoxy) is 1. The minimum atomic E-state index is -1.30. The number of nitrogens with one attached hydrogen (secondary N) is 1. The number of aromatic nitrogens is 1. The van der Waals surface area contributed by atoms with E-state index in [4.69, 9.17) is 26.6 Å². The van der Waals surface area contributed by atoms with Crippen LogP contribution in [-0.2, 0) is 16.0 Å². The third-order valence-corrected chi connectivity index (χ3v) is 5.55. The molecule has 1 aliphatic heterocycles. The third-order valence-electron chi connectivity index (χ3n) is 5.30. The Balaban J connectivity index is 0.000000218. The highest BCUT2D eigenvalue weighted by molar-refractivity contribution is 6.30. The molecule has 3 aromatic rings. The molecule has 2 aromatic carbocycles. The minimum Gasteiger partial charge on any atom is -0.479 e. The molecule has 2 atom stereocenters. The molecule has 1 saturated heterocycles. The van der Waals surface area contributed by atoms with Gasteiger partial charge in [-0.05, 0) is 61.3 Å². The van der Waals surface area contributed by atoms with E-state index < -0.39 is 12.1 Å². The van der Waals surface area contributed by atoms with Crippen LogP contribution in [-0.4, -0.2) is 46.5 Å². The Bertz CT molecular complexity index is 965. The van der Waals surface area contributed by atoms with Crippen molar-refractivity contribution in [2.24, 2.45) is 0 Å². The topological polar surface area (TPSA) is 91.7 Å². The summed E-state index contributed by atoms with van der Waals surface area (Å²) in [6, 6.07) is 22.8. The maximum Gasteiger partial charge on any atom is 0.332 e. The van der Waals surface area contributed by atoms with E-state index in [2.05, 4.69) is 10.3 Å². The summed E-state index contributed by atoms with van der Waals surface area (Å²) in [5.74, 6) is -1.18. The van der Waals surface area contributed by atoms with E-state index in [1.807, 2.05) is 66.9 Å². The summed E-state index contributed by atoms with van der Waals surface area (Å²) in [4.78, 5) is 14.7. The van der Waals surface area contributed by atoms with Crippen LogP contribution in [0.15, 0.2) is 79.0 Å². The van der Waals surface area contributed by atoms with E-state index in [-0.39, 0.29) is 18.6 Å². The van der Waals surface area contributed by atoms with Gasteiger partial charge in [0, 0.05) is 17.6 Å². The third kappa shape index (κ3) is 8.26. The Labute approximate surface area is 199 Å². The number of pyridine rings is 1. The monoisotopic (exact) mass is 468 g/mol. The Kier molecular flexibility index (Phi) is 9.84. The van der Waals surface area contributed by atoms with E-state index in [0.29, 0.717) is 0 Å². The van der Waals surface area contributed by atoms with Gasteiger partial charge < -0.3 is 20.3 Å². The molecule has 3 N–H and O–H groups in total. The number of nitrogens with zero attached hydrogens (tertiary/aromatic N) is 1. The fourth-order valence-corrected chi connectivity index (χ4v) is 3.66. The van der Waals surface area contributed by atoms with Crippen LogP contribution in [0.1, 0.15) is 35.8 Å². The smallest absolute Gasteiger partial charge is 0.332 e. The van der Waals surface area contributed by atoms with Crippen molar-refractivity contribution in [3.63, 3.8) is 0 Å². The second-order valence-electron chi connectivity index (χ2n) is 7.82. The lowest BCUT2D eigenvalue weighted by Crippen LogP contribution is -2.33. The lowest BCUT2D eigenvalue weighted by Gasteiger charge is -2.28. The summed E-state index contributed by atoms with van der Waals surface area (Å²) in [5.41, 5.74) is 2.86. The molecule has 1 aromatic heterocycles. The molecular formula is C26H29ClN2O4. The zero-order valence-corrected chi connectivity index (χ0v) is 19.1. The predicted octanol–water partition coefficient (Wildman–Crippen LogP) is 4.27. The number of aliphatic carboxylic acids is 1. The van der Waals surface area contributed by atoms with Crippen LogP contribution < -0.4 is 5.32 Å². The highest BCUT2D eigenvalue weighted by Gasteiger charge is 2.22. The molecule has 2 heterocycles. The maximum atomic E-state index is 10.3. The van der Waals surface area contributed by atoms with Crippen LogP contribution >= 0.6 is 11.6 Å². The van der Waals surface area contributed by atoms with Gasteiger partial charge >= 0.3 is 5.97 Å². The molecule has 1 aliphatic rings. The summed E-state index contributed by atoms with van der Waals surface area (Å²) >= 11 is 5.99. The molecule has 7 heteroatoms. The predicted molar refractivity (Wildman–Crippen MR) is 128 cm³/mol. The van der Waals surface area contributed by atoms with Crippen molar-refractivity contribution in [2.45, 2.75) is 37.6 Å². The molecule has 0 aliphatic carbocycles. The number of piperidine rings is 1. The normalized spacial score (nSPS) is 15.7. The van der Waals surface area contributed by atoms with E-state index in [1.54, 1.807) is 12.1 Å². The van der Waals surface area contributed by atoms with Crippen LogP contribution in [0.2, 0.25) is 5.02 Å². The number of aliphatic hydroxyl groups is 1. The number of benzene rings is 2. The van der Waals surface area contributed by atoms with Gasteiger partial charge in [0.2, 0.25) is 0 Å². The number of aliphatic hydroxyl groups excluding tert-OH is 1. The Morgan fingerprint density at radius 1 is 1.03 bits per heavy atom. The second-order valence-corrected chi connectivity index (χ2v) is 8.25. The summed E-state index contributed by atoms with van der Waals surface area (Å²) in [6.07, 6.45) is 2.89. The number of halogens is 1. The van der Waals surface area contributed by atoms with E-state index in [0.717, 1.165) is 47.8 Å². The van der Waals surface area contributed by atoms with Gasteiger partial charge in [-0.2, -0.15) is 0 Å². The quantitative estimate of drug-likeness (QED) is 0.479. The fraction of sp³-hybridized carbons (Fsp3) is 0.308. The van der Waals surface area contributed by atoms with Gasteiger partial charge in [-0.15, -0.1) is 0 Å². The first-order valence-electron chi connectivity index (χ1n) is 11.0. The van der Waals surface area contributed by atoms with Gasteiger partial charge in [-0.3, -0.25) is 4.98 Å². The van der Waals surface area contributed by atoms with Crippen LogP contribution in [0.4, 0.5) is 0 Å².